The van der Waals surface area contributed by atoms with Gasteiger partial charge in [0, 0.05) is 60.4 Å². The molecule has 1 fully saturated rings. The van der Waals surface area contributed by atoms with Crippen LogP contribution in [-0.2, 0) is 7.05 Å². The lowest BCUT2D eigenvalue weighted by Crippen LogP contribution is -2.54. The number of piperazine rings is 1. The normalized spacial score (nSPS) is 19.2. The molecule has 0 bridgehead atoms. The van der Waals surface area contributed by atoms with Crippen LogP contribution in [0, 0.1) is 12.7 Å². The van der Waals surface area contributed by atoms with E-state index in [2.05, 4.69) is 41.3 Å². The van der Waals surface area contributed by atoms with Gasteiger partial charge in [-0.1, -0.05) is 11.6 Å². The van der Waals surface area contributed by atoms with E-state index in [0.29, 0.717) is 33.7 Å². The number of phenolic OH excluding ortho intramolecular Hbond substituents is 1. The van der Waals surface area contributed by atoms with Crippen LogP contribution in [-0.4, -0.2) is 45.0 Å². The molecule has 0 spiro atoms. The first-order chi connectivity index (χ1) is 15.2. The number of nitrogens with one attached hydrogen (secondary N) is 1. The van der Waals surface area contributed by atoms with Crippen LogP contribution in [0.2, 0.25) is 5.02 Å². The number of aromatic nitrogens is 3. The van der Waals surface area contributed by atoms with Gasteiger partial charge in [0.1, 0.15) is 5.52 Å². The van der Waals surface area contributed by atoms with Gasteiger partial charge in [0.2, 0.25) is 0 Å². The van der Waals surface area contributed by atoms with Gasteiger partial charge in [0.25, 0.3) is 0 Å². The van der Waals surface area contributed by atoms with E-state index in [-0.39, 0.29) is 5.52 Å². The number of nitrogens with zero attached hydrogens (tertiary/aromatic N) is 4. The van der Waals surface area contributed by atoms with Crippen molar-refractivity contribution in [1.29, 1.82) is 0 Å². The Morgan fingerprint density at radius 3 is 2.56 bits per heavy atom. The molecule has 2 atom stereocenters. The van der Waals surface area contributed by atoms with Crippen LogP contribution >= 0.6 is 11.6 Å². The number of anilines is 1. The molecule has 0 radical (unpaired) electrons. The summed E-state index contributed by atoms with van der Waals surface area (Å²) in [5, 5.41) is 20.1. The highest BCUT2D eigenvalue weighted by molar-refractivity contribution is 6.35. The van der Waals surface area contributed by atoms with Crippen LogP contribution in [0.15, 0.2) is 30.5 Å². The Labute approximate surface area is 190 Å². The Morgan fingerprint density at radius 2 is 1.84 bits per heavy atom. The molecule has 8 heteroatoms. The summed E-state index contributed by atoms with van der Waals surface area (Å²) >= 11 is 6.70. The van der Waals surface area contributed by atoms with Crippen LogP contribution in [0.4, 0.5) is 10.1 Å². The van der Waals surface area contributed by atoms with Crippen molar-refractivity contribution in [3.63, 3.8) is 0 Å². The molecule has 4 aromatic rings. The van der Waals surface area contributed by atoms with Crippen molar-refractivity contribution in [1.82, 2.24) is 20.1 Å². The van der Waals surface area contributed by atoms with Gasteiger partial charge in [-0.05, 0) is 50.6 Å². The molecular weight excluding hydrogens is 429 g/mol. The summed E-state index contributed by atoms with van der Waals surface area (Å²) in [6.07, 6.45) is 1.71. The number of aryl methyl sites for hydroxylation is 2. The molecule has 1 aliphatic rings. The van der Waals surface area contributed by atoms with Crippen LogP contribution < -0.4 is 10.2 Å². The zero-order valence-corrected chi connectivity index (χ0v) is 19.2. The predicted molar refractivity (Wildman–Crippen MR) is 127 cm³/mol. The molecule has 0 saturated carbocycles. The third-order valence-electron chi connectivity index (χ3n) is 6.06. The fourth-order valence-electron chi connectivity index (χ4n) is 4.73. The van der Waals surface area contributed by atoms with Crippen molar-refractivity contribution < 1.29 is 9.50 Å². The van der Waals surface area contributed by atoms with Crippen LogP contribution in [0.3, 0.4) is 0 Å². The van der Waals surface area contributed by atoms with Gasteiger partial charge >= 0.3 is 0 Å². The Balaban J connectivity index is 1.64. The highest BCUT2D eigenvalue weighted by Crippen LogP contribution is 2.39. The number of hydrogen-bond donors (Lipinski definition) is 2. The lowest BCUT2D eigenvalue weighted by molar-refractivity contribution is 0.407. The van der Waals surface area contributed by atoms with Crippen molar-refractivity contribution in [2.75, 3.05) is 18.0 Å². The van der Waals surface area contributed by atoms with Crippen molar-refractivity contribution in [2.45, 2.75) is 32.9 Å². The van der Waals surface area contributed by atoms with E-state index in [9.17, 15) is 9.50 Å². The molecular formula is C24H25ClFN5O. The monoisotopic (exact) mass is 453 g/mol. The maximum absolute atomic E-state index is 14.8. The van der Waals surface area contributed by atoms with E-state index < -0.39 is 11.6 Å². The largest absolute Gasteiger partial charge is 0.504 e. The predicted octanol–water partition coefficient (Wildman–Crippen LogP) is 4.78. The summed E-state index contributed by atoms with van der Waals surface area (Å²) in [4.78, 5) is 7.13. The Morgan fingerprint density at radius 1 is 1.12 bits per heavy atom. The fourth-order valence-corrected chi connectivity index (χ4v) is 4.98. The summed E-state index contributed by atoms with van der Waals surface area (Å²) < 4.78 is 16.3. The lowest BCUT2D eigenvalue weighted by atomic mass is 10.0. The van der Waals surface area contributed by atoms with E-state index in [1.165, 1.54) is 4.68 Å². The molecule has 166 valence electrons. The molecule has 0 unspecified atom stereocenters. The number of pyridine rings is 1. The number of benzene rings is 2. The van der Waals surface area contributed by atoms with Gasteiger partial charge in [-0.15, -0.1) is 0 Å². The van der Waals surface area contributed by atoms with Gasteiger partial charge < -0.3 is 15.3 Å². The first-order valence-corrected chi connectivity index (χ1v) is 11.1. The third-order valence-corrected chi connectivity index (χ3v) is 6.38. The quantitative estimate of drug-likeness (QED) is 0.457. The minimum atomic E-state index is -0.759. The zero-order valence-electron chi connectivity index (χ0n) is 18.4. The van der Waals surface area contributed by atoms with Gasteiger partial charge in [0.05, 0.1) is 16.2 Å². The molecule has 0 amide bonds. The average molecular weight is 454 g/mol. The van der Waals surface area contributed by atoms with Crippen LogP contribution in [0.1, 0.15) is 19.4 Å². The van der Waals surface area contributed by atoms with Crippen molar-refractivity contribution in [3.8, 4) is 17.0 Å². The van der Waals surface area contributed by atoms with E-state index >= 15 is 0 Å². The Kier molecular flexibility index (Phi) is 4.98. The van der Waals surface area contributed by atoms with Crippen LogP contribution in [0.5, 0.6) is 5.75 Å². The van der Waals surface area contributed by atoms with Gasteiger partial charge in [0.15, 0.2) is 11.6 Å². The summed E-state index contributed by atoms with van der Waals surface area (Å²) in [6, 6.07) is 8.35. The van der Waals surface area contributed by atoms with Crippen molar-refractivity contribution >= 4 is 39.1 Å². The van der Waals surface area contributed by atoms with E-state index in [1.54, 1.807) is 25.4 Å². The van der Waals surface area contributed by atoms with E-state index in [0.717, 1.165) is 35.2 Å². The number of halogens is 2. The highest BCUT2D eigenvalue weighted by Gasteiger charge is 2.23. The van der Waals surface area contributed by atoms with E-state index in [1.807, 2.05) is 6.92 Å². The Hall–Kier alpha value is -2.90. The smallest absolute Gasteiger partial charge is 0.193 e. The SMILES string of the molecule is Cc1cc(N2C[C@@H](C)N[C@H](C)C2)cc2c(Cl)cc(-c3cc4cn(C)nc4c(F)c3O)nc12. The Bertz CT molecular complexity index is 1360. The number of rotatable bonds is 2. The highest BCUT2D eigenvalue weighted by atomic mass is 35.5. The molecule has 0 aliphatic carbocycles. The molecule has 1 aliphatic heterocycles. The average Bonchev–Trinajstić information content (AvgIpc) is 3.11. The lowest BCUT2D eigenvalue weighted by Gasteiger charge is -2.38. The molecule has 32 heavy (non-hydrogen) atoms. The molecule has 5 rings (SSSR count). The molecule has 1 saturated heterocycles. The number of fused-ring (bicyclic) bond motifs is 2. The standard InChI is InChI=1S/C24H25ClFN5O/c1-12-5-16(31-9-13(2)27-14(3)10-31)7-17-19(25)8-20(28-22(12)17)18-6-15-11-30(4)29-23(15)21(26)24(18)32/h5-8,11,13-14,27,32H,9-10H2,1-4H3/t13-,14-/m1/s1. The minimum Gasteiger partial charge on any atom is -0.504 e. The second-order valence-corrected chi connectivity index (χ2v) is 9.26. The molecule has 6 nitrogen and oxygen atoms in total. The number of aromatic hydroxyl groups is 1. The molecule has 3 heterocycles. The minimum absolute atomic E-state index is 0.126. The van der Waals surface area contributed by atoms with Gasteiger partial charge in [-0.3, -0.25) is 4.68 Å². The summed E-state index contributed by atoms with van der Waals surface area (Å²) in [6.45, 7) is 8.19. The summed E-state index contributed by atoms with van der Waals surface area (Å²) in [5.74, 6) is -1.23. The van der Waals surface area contributed by atoms with Crippen molar-refractivity contribution in [3.05, 3.63) is 46.9 Å². The third kappa shape index (κ3) is 3.45. The second-order valence-electron chi connectivity index (χ2n) is 8.85. The first kappa shape index (κ1) is 21.0. The van der Waals surface area contributed by atoms with Gasteiger partial charge in [-0.2, -0.15) is 5.10 Å². The number of hydrogen-bond acceptors (Lipinski definition) is 5. The van der Waals surface area contributed by atoms with E-state index in [4.69, 9.17) is 16.6 Å². The maximum Gasteiger partial charge on any atom is 0.193 e. The summed E-state index contributed by atoms with van der Waals surface area (Å²) in [5.41, 5.74) is 3.66. The van der Waals surface area contributed by atoms with Gasteiger partial charge in [-0.25, -0.2) is 9.37 Å². The van der Waals surface area contributed by atoms with Crippen molar-refractivity contribution in [2.24, 2.45) is 7.05 Å². The summed E-state index contributed by atoms with van der Waals surface area (Å²) in [7, 11) is 1.71. The molecule has 2 N–H and O–H groups in total. The maximum atomic E-state index is 14.8. The fraction of sp³-hybridized carbons (Fsp3) is 0.333. The van der Waals surface area contributed by atoms with Crippen LogP contribution in [0.25, 0.3) is 33.1 Å². The molecule has 2 aromatic carbocycles. The first-order valence-electron chi connectivity index (χ1n) is 10.7. The second kappa shape index (κ2) is 7.60. The topological polar surface area (TPSA) is 66.2 Å². The number of phenols is 1. The zero-order chi connectivity index (χ0) is 22.7. The molecule has 2 aromatic heterocycles.